The lowest BCUT2D eigenvalue weighted by atomic mass is 10.1. The molecule has 5 heteroatoms. The lowest BCUT2D eigenvalue weighted by molar-refractivity contribution is 0.102. The number of hydrogen-bond donors (Lipinski definition) is 1. The summed E-state index contributed by atoms with van der Waals surface area (Å²) in [6.45, 7) is 8.41. The Labute approximate surface area is 155 Å². The molecule has 0 unspecified atom stereocenters. The standard InChI is InChI=1S/C21H28N2O3/c1-6-23(15(2)3)14-16-7-9-17(10-8-16)21(24)22-18-11-19(25-4)13-20(12-18)26-5/h7-13,15H,6,14H2,1-5H3,(H,22,24). The second-order valence-electron chi connectivity index (χ2n) is 6.41. The van der Waals surface area contributed by atoms with Gasteiger partial charge in [0.25, 0.3) is 5.91 Å². The van der Waals surface area contributed by atoms with Crippen molar-refractivity contribution >= 4 is 11.6 Å². The Morgan fingerprint density at radius 2 is 1.62 bits per heavy atom. The fraction of sp³-hybridized carbons (Fsp3) is 0.381. The number of nitrogens with one attached hydrogen (secondary N) is 1. The first-order valence-electron chi connectivity index (χ1n) is 8.84. The summed E-state index contributed by atoms with van der Waals surface area (Å²) < 4.78 is 10.5. The van der Waals surface area contributed by atoms with E-state index in [1.54, 1.807) is 32.4 Å². The second kappa shape index (κ2) is 9.25. The largest absolute Gasteiger partial charge is 0.497 e. The molecule has 0 aliphatic heterocycles. The number of rotatable bonds is 8. The topological polar surface area (TPSA) is 50.8 Å². The number of hydrogen-bond acceptors (Lipinski definition) is 4. The SMILES string of the molecule is CCN(Cc1ccc(C(=O)Nc2cc(OC)cc(OC)c2)cc1)C(C)C. The van der Waals surface area contributed by atoms with Crippen LogP contribution in [0, 0.1) is 0 Å². The van der Waals surface area contributed by atoms with Gasteiger partial charge in [-0.25, -0.2) is 0 Å². The highest BCUT2D eigenvalue weighted by molar-refractivity contribution is 6.04. The van der Waals surface area contributed by atoms with Crippen molar-refractivity contribution < 1.29 is 14.3 Å². The van der Waals surface area contributed by atoms with Crippen molar-refractivity contribution in [2.45, 2.75) is 33.4 Å². The molecule has 2 aromatic rings. The van der Waals surface area contributed by atoms with Gasteiger partial charge in [-0.3, -0.25) is 9.69 Å². The Morgan fingerprint density at radius 3 is 2.08 bits per heavy atom. The predicted molar refractivity (Wildman–Crippen MR) is 105 cm³/mol. The minimum atomic E-state index is -0.164. The molecule has 5 nitrogen and oxygen atoms in total. The molecule has 0 spiro atoms. The Bertz CT molecular complexity index is 704. The molecule has 0 aliphatic carbocycles. The molecule has 0 radical (unpaired) electrons. The van der Waals surface area contributed by atoms with Gasteiger partial charge in [0, 0.05) is 42.0 Å². The Hall–Kier alpha value is -2.53. The summed E-state index contributed by atoms with van der Waals surface area (Å²) in [4.78, 5) is 14.9. The summed E-state index contributed by atoms with van der Waals surface area (Å²) in [5.74, 6) is 1.09. The van der Waals surface area contributed by atoms with E-state index in [4.69, 9.17) is 9.47 Å². The average molecular weight is 356 g/mol. The van der Waals surface area contributed by atoms with Crippen LogP contribution in [0.25, 0.3) is 0 Å². The summed E-state index contributed by atoms with van der Waals surface area (Å²) in [7, 11) is 3.16. The van der Waals surface area contributed by atoms with Gasteiger partial charge >= 0.3 is 0 Å². The maximum absolute atomic E-state index is 12.5. The van der Waals surface area contributed by atoms with Crippen LogP contribution in [0.15, 0.2) is 42.5 Å². The summed E-state index contributed by atoms with van der Waals surface area (Å²) in [6.07, 6.45) is 0. The minimum Gasteiger partial charge on any atom is -0.497 e. The first-order valence-corrected chi connectivity index (χ1v) is 8.84. The molecule has 0 saturated heterocycles. The zero-order valence-electron chi connectivity index (χ0n) is 16.2. The summed E-state index contributed by atoms with van der Waals surface area (Å²) in [5, 5.41) is 2.89. The van der Waals surface area contributed by atoms with Crippen molar-refractivity contribution in [1.29, 1.82) is 0 Å². The third kappa shape index (κ3) is 5.23. The van der Waals surface area contributed by atoms with Crippen molar-refractivity contribution in [3.63, 3.8) is 0 Å². The van der Waals surface area contributed by atoms with Gasteiger partial charge in [0.15, 0.2) is 0 Å². The lowest BCUT2D eigenvalue weighted by Gasteiger charge is -2.24. The van der Waals surface area contributed by atoms with Gasteiger partial charge in [0.1, 0.15) is 11.5 Å². The maximum atomic E-state index is 12.5. The van der Waals surface area contributed by atoms with Gasteiger partial charge < -0.3 is 14.8 Å². The highest BCUT2D eigenvalue weighted by atomic mass is 16.5. The van der Waals surface area contributed by atoms with Crippen LogP contribution < -0.4 is 14.8 Å². The fourth-order valence-corrected chi connectivity index (χ4v) is 2.74. The van der Waals surface area contributed by atoms with Gasteiger partial charge in [-0.05, 0) is 38.1 Å². The van der Waals surface area contributed by atoms with Crippen molar-refractivity contribution in [1.82, 2.24) is 4.90 Å². The zero-order valence-corrected chi connectivity index (χ0v) is 16.2. The molecular weight excluding hydrogens is 328 g/mol. The molecule has 0 bridgehead atoms. The number of carbonyl (C=O) groups excluding carboxylic acids is 1. The number of ether oxygens (including phenoxy) is 2. The Balaban J connectivity index is 2.08. The number of amides is 1. The van der Waals surface area contributed by atoms with E-state index in [-0.39, 0.29) is 5.91 Å². The highest BCUT2D eigenvalue weighted by Gasteiger charge is 2.11. The quantitative estimate of drug-likeness (QED) is 0.771. The summed E-state index contributed by atoms with van der Waals surface area (Å²) in [5.41, 5.74) is 2.44. The van der Waals surface area contributed by atoms with Crippen LogP contribution in [0.4, 0.5) is 5.69 Å². The van der Waals surface area contributed by atoms with Crippen LogP contribution in [0.3, 0.4) is 0 Å². The molecule has 0 fully saturated rings. The van der Waals surface area contributed by atoms with Crippen molar-refractivity contribution in [3.8, 4) is 11.5 Å². The monoisotopic (exact) mass is 356 g/mol. The van der Waals surface area contributed by atoms with E-state index < -0.39 is 0 Å². The number of anilines is 1. The van der Waals surface area contributed by atoms with E-state index in [2.05, 4.69) is 31.0 Å². The van der Waals surface area contributed by atoms with Crippen LogP contribution in [-0.4, -0.2) is 37.6 Å². The normalized spacial score (nSPS) is 10.9. The van der Waals surface area contributed by atoms with Gasteiger partial charge in [-0.15, -0.1) is 0 Å². The van der Waals surface area contributed by atoms with Crippen LogP contribution in [0.5, 0.6) is 11.5 Å². The van der Waals surface area contributed by atoms with Crippen LogP contribution in [0.1, 0.15) is 36.7 Å². The van der Waals surface area contributed by atoms with E-state index in [9.17, 15) is 4.79 Å². The Morgan fingerprint density at radius 1 is 1.04 bits per heavy atom. The molecule has 0 atom stereocenters. The van der Waals surface area contributed by atoms with Crippen molar-refractivity contribution in [2.24, 2.45) is 0 Å². The average Bonchev–Trinajstić information content (AvgIpc) is 2.65. The number of benzene rings is 2. The lowest BCUT2D eigenvalue weighted by Crippen LogP contribution is -2.29. The molecule has 140 valence electrons. The number of carbonyl (C=O) groups is 1. The Kier molecular flexibility index (Phi) is 7.04. The van der Waals surface area contributed by atoms with Gasteiger partial charge in [0.05, 0.1) is 14.2 Å². The fourth-order valence-electron chi connectivity index (χ4n) is 2.74. The van der Waals surface area contributed by atoms with Crippen LogP contribution in [-0.2, 0) is 6.54 Å². The van der Waals surface area contributed by atoms with Crippen LogP contribution >= 0.6 is 0 Å². The predicted octanol–water partition coefficient (Wildman–Crippen LogP) is 4.19. The van der Waals surface area contributed by atoms with Gasteiger partial charge in [0.2, 0.25) is 0 Å². The molecule has 2 aromatic carbocycles. The first kappa shape index (κ1) is 19.8. The molecule has 0 heterocycles. The molecule has 26 heavy (non-hydrogen) atoms. The summed E-state index contributed by atoms with van der Waals surface area (Å²) in [6, 6.07) is 13.5. The van der Waals surface area contributed by atoms with Gasteiger partial charge in [-0.2, -0.15) is 0 Å². The zero-order chi connectivity index (χ0) is 19.1. The number of nitrogens with zero attached hydrogens (tertiary/aromatic N) is 1. The maximum Gasteiger partial charge on any atom is 0.255 e. The van der Waals surface area contributed by atoms with Crippen LogP contribution in [0.2, 0.25) is 0 Å². The van der Waals surface area contributed by atoms with E-state index >= 15 is 0 Å². The van der Waals surface area contributed by atoms with E-state index in [1.165, 1.54) is 5.56 Å². The molecule has 0 aromatic heterocycles. The van der Waals surface area contributed by atoms with Gasteiger partial charge in [-0.1, -0.05) is 19.1 Å². The smallest absolute Gasteiger partial charge is 0.255 e. The molecule has 0 aliphatic rings. The molecule has 1 N–H and O–H groups in total. The molecule has 0 saturated carbocycles. The van der Waals surface area contributed by atoms with Crippen molar-refractivity contribution in [2.75, 3.05) is 26.1 Å². The molecule has 2 rings (SSSR count). The third-order valence-electron chi connectivity index (χ3n) is 4.35. The highest BCUT2D eigenvalue weighted by Crippen LogP contribution is 2.26. The summed E-state index contributed by atoms with van der Waals surface area (Å²) >= 11 is 0. The molecule has 1 amide bonds. The second-order valence-corrected chi connectivity index (χ2v) is 6.41. The number of methoxy groups -OCH3 is 2. The van der Waals surface area contributed by atoms with Crippen molar-refractivity contribution in [3.05, 3.63) is 53.6 Å². The first-order chi connectivity index (χ1) is 12.5. The van der Waals surface area contributed by atoms with E-state index in [0.29, 0.717) is 28.8 Å². The van der Waals surface area contributed by atoms with E-state index in [0.717, 1.165) is 13.1 Å². The minimum absolute atomic E-state index is 0.164. The van der Waals surface area contributed by atoms with E-state index in [1.807, 2.05) is 24.3 Å². The molecular formula is C21H28N2O3. The third-order valence-corrected chi connectivity index (χ3v) is 4.35.